The molecular formula is C22H23ClN4O2. The zero-order valence-corrected chi connectivity index (χ0v) is 17.3. The number of carbonyl (C=O) groups excluding carboxylic acids is 1. The molecule has 2 aromatic carbocycles. The summed E-state index contributed by atoms with van der Waals surface area (Å²) < 4.78 is 5.92. The Morgan fingerprint density at radius 3 is 2.45 bits per heavy atom. The molecule has 1 aromatic heterocycles. The van der Waals surface area contributed by atoms with Crippen LogP contribution in [0.5, 0.6) is 0 Å². The summed E-state index contributed by atoms with van der Waals surface area (Å²) in [5.41, 5.74) is 2.71. The Bertz CT molecular complexity index is 994. The van der Waals surface area contributed by atoms with Crippen LogP contribution in [0.4, 0.5) is 5.69 Å². The number of hydrogen-bond donors (Lipinski definition) is 0. The van der Waals surface area contributed by atoms with E-state index in [0.717, 1.165) is 43.0 Å². The summed E-state index contributed by atoms with van der Waals surface area (Å²) in [6.07, 6.45) is 0. The molecule has 0 spiro atoms. The van der Waals surface area contributed by atoms with Gasteiger partial charge in [-0.25, -0.2) is 0 Å². The van der Waals surface area contributed by atoms with Crippen LogP contribution in [0, 0.1) is 0 Å². The van der Waals surface area contributed by atoms with Gasteiger partial charge < -0.3 is 9.32 Å². The van der Waals surface area contributed by atoms with Crippen molar-refractivity contribution in [1.29, 1.82) is 0 Å². The smallest absolute Gasteiger partial charge is 0.247 e. The Morgan fingerprint density at radius 2 is 1.79 bits per heavy atom. The van der Waals surface area contributed by atoms with E-state index in [1.807, 2.05) is 48.5 Å². The van der Waals surface area contributed by atoms with E-state index >= 15 is 0 Å². The lowest BCUT2D eigenvalue weighted by molar-refractivity contribution is 0.101. The van der Waals surface area contributed by atoms with Crippen molar-refractivity contribution < 1.29 is 9.21 Å². The first-order valence-corrected chi connectivity index (χ1v) is 10.1. The van der Waals surface area contributed by atoms with E-state index in [4.69, 9.17) is 16.0 Å². The monoisotopic (exact) mass is 410 g/mol. The minimum Gasteiger partial charge on any atom is -0.419 e. The molecule has 0 N–H and O–H groups in total. The van der Waals surface area contributed by atoms with Gasteiger partial charge in [-0.1, -0.05) is 17.7 Å². The van der Waals surface area contributed by atoms with Gasteiger partial charge in [0.25, 0.3) is 0 Å². The maximum atomic E-state index is 11.4. The molecule has 1 aliphatic heterocycles. The fraction of sp³-hybridized carbons (Fsp3) is 0.318. The molecule has 1 atom stereocenters. The minimum absolute atomic E-state index is 0.0395. The molecule has 0 bridgehead atoms. The number of nitrogens with zero attached hydrogens (tertiary/aromatic N) is 4. The molecule has 1 saturated heterocycles. The van der Waals surface area contributed by atoms with Gasteiger partial charge in [0.2, 0.25) is 11.8 Å². The maximum Gasteiger partial charge on any atom is 0.247 e. The van der Waals surface area contributed by atoms with Crippen molar-refractivity contribution in [2.75, 3.05) is 31.1 Å². The molecule has 3 aromatic rings. The van der Waals surface area contributed by atoms with Crippen LogP contribution < -0.4 is 4.90 Å². The van der Waals surface area contributed by atoms with Gasteiger partial charge in [0.15, 0.2) is 5.78 Å². The van der Waals surface area contributed by atoms with Gasteiger partial charge in [-0.05, 0) is 56.3 Å². The number of ketones is 1. The summed E-state index contributed by atoms with van der Waals surface area (Å²) in [5.74, 6) is 1.18. The predicted molar refractivity (Wildman–Crippen MR) is 113 cm³/mol. The van der Waals surface area contributed by atoms with E-state index in [0.29, 0.717) is 16.8 Å². The largest absolute Gasteiger partial charge is 0.419 e. The van der Waals surface area contributed by atoms with Gasteiger partial charge in [-0.15, -0.1) is 10.2 Å². The third-order valence-electron chi connectivity index (χ3n) is 5.37. The predicted octanol–water partition coefficient (Wildman–Crippen LogP) is 4.48. The first kappa shape index (κ1) is 19.6. The van der Waals surface area contributed by atoms with Crippen molar-refractivity contribution in [3.8, 4) is 11.5 Å². The summed E-state index contributed by atoms with van der Waals surface area (Å²) in [7, 11) is 0. The molecular weight excluding hydrogens is 388 g/mol. The number of Topliss-reactive ketones (excluding diaryl/α,β-unsaturated/α-hetero) is 1. The molecule has 2 heterocycles. The number of aromatic nitrogens is 2. The number of hydrogen-bond acceptors (Lipinski definition) is 6. The minimum atomic E-state index is 0.0395. The molecule has 0 amide bonds. The summed E-state index contributed by atoms with van der Waals surface area (Å²) in [5, 5.41) is 9.08. The van der Waals surface area contributed by atoms with Crippen molar-refractivity contribution in [2.24, 2.45) is 0 Å². The highest BCUT2D eigenvalue weighted by atomic mass is 35.5. The molecule has 150 valence electrons. The maximum absolute atomic E-state index is 11.4. The highest BCUT2D eigenvalue weighted by Gasteiger charge is 2.26. The highest BCUT2D eigenvalue weighted by molar-refractivity contribution is 6.30. The van der Waals surface area contributed by atoms with Gasteiger partial charge in [0.1, 0.15) is 0 Å². The number of anilines is 1. The number of halogens is 1. The van der Waals surface area contributed by atoms with Crippen molar-refractivity contribution in [3.63, 3.8) is 0 Å². The average Bonchev–Trinajstić information content (AvgIpc) is 3.24. The molecule has 29 heavy (non-hydrogen) atoms. The first-order chi connectivity index (χ1) is 14.0. The number of piperazine rings is 1. The molecule has 6 nitrogen and oxygen atoms in total. The van der Waals surface area contributed by atoms with Crippen LogP contribution in [-0.4, -0.2) is 47.1 Å². The molecule has 1 fully saturated rings. The summed E-state index contributed by atoms with van der Waals surface area (Å²) in [4.78, 5) is 16.1. The number of carbonyl (C=O) groups is 1. The van der Waals surface area contributed by atoms with Crippen molar-refractivity contribution >= 4 is 23.1 Å². The SMILES string of the molecule is CC(=O)c1ccc(N2CCN([C@@H](C)c3nnc(-c4cccc(Cl)c4)o3)CC2)cc1. The quantitative estimate of drug-likeness (QED) is 0.578. The van der Waals surface area contributed by atoms with E-state index in [1.165, 1.54) is 0 Å². The standard InChI is InChI=1S/C22H23ClN4O2/c1-15(21-24-25-22(29-21)18-4-3-5-19(23)14-18)26-10-12-27(13-11-26)20-8-6-17(7-9-20)16(2)28/h3-9,14-15H,10-13H2,1-2H3/t15-/m0/s1. The summed E-state index contributed by atoms with van der Waals surface area (Å²) in [6, 6.07) is 15.3. The van der Waals surface area contributed by atoms with E-state index in [1.54, 1.807) is 6.92 Å². The Labute approximate surface area is 175 Å². The zero-order chi connectivity index (χ0) is 20.4. The normalized spacial score (nSPS) is 16.0. The van der Waals surface area contributed by atoms with Crippen LogP contribution >= 0.6 is 11.6 Å². The number of rotatable bonds is 5. The lowest BCUT2D eigenvalue weighted by Gasteiger charge is -2.38. The van der Waals surface area contributed by atoms with Crippen LogP contribution in [0.25, 0.3) is 11.5 Å². The number of benzene rings is 2. The average molecular weight is 411 g/mol. The molecule has 0 aliphatic carbocycles. The van der Waals surface area contributed by atoms with Gasteiger partial charge in [0, 0.05) is 48.0 Å². The van der Waals surface area contributed by atoms with Gasteiger partial charge in [-0.2, -0.15) is 0 Å². The van der Waals surface area contributed by atoms with E-state index in [-0.39, 0.29) is 11.8 Å². The molecule has 0 unspecified atom stereocenters. The Hall–Kier alpha value is -2.70. The molecule has 0 radical (unpaired) electrons. The Balaban J connectivity index is 1.39. The van der Waals surface area contributed by atoms with Crippen molar-refractivity contribution in [2.45, 2.75) is 19.9 Å². The van der Waals surface area contributed by atoms with Crippen LogP contribution in [0.15, 0.2) is 52.9 Å². The second-order valence-corrected chi connectivity index (χ2v) is 7.69. The lowest BCUT2D eigenvalue weighted by atomic mass is 10.1. The third kappa shape index (κ3) is 4.33. The summed E-state index contributed by atoms with van der Waals surface area (Å²) >= 11 is 6.05. The van der Waals surface area contributed by atoms with Crippen LogP contribution in [0.2, 0.25) is 5.02 Å². The fourth-order valence-electron chi connectivity index (χ4n) is 3.57. The second kappa shape index (κ2) is 8.35. The topological polar surface area (TPSA) is 62.5 Å². The molecule has 4 rings (SSSR count). The molecule has 0 saturated carbocycles. The van der Waals surface area contributed by atoms with Gasteiger partial charge in [0.05, 0.1) is 6.04 Å². The highest BCUT2D eigenvalue weighted by Crippen LogP contribution is 2.27. The van der Waals surface area contributed by atoms with Crippen molar-refractivity contribution in [1.82, 2.24) is 15.1 Å². The summed E-state index contributed by atoms with van der Waals surface area (Å²) in [6.45, 7) is 7.27. The van der Waals surface area contributed by atoms with E-state index in [2.05, 4.69) is 26.9 Å². The zero-order valence-electron chi connectivity index (χ0n) is 16.5. The van der Waals surface area contributed by atoms with Crippen molar-refractivity contribution in [3.05, 3.63) is 65.0 Å². The van der Waals surface area contributed by atoms with E-state index < -0.39 is 0 Å². The van der Waals surface area contributed by atoms with Gasteiger partial charge in [-0.3, -0.25) is 9.69 Å². The van der Waals surface area contributed by atoms with Crippen LogP contribution in [0.1, 0.15) is 36.1 Å². The van der Waals surface area contributed by atoms with Crippen LogP contribution in [0.3, 0.4) is 0 Å². The third-order valence-corrected chi connectivity index (χ3v) is 5.61. The van der Waals surface area contributed by atoms with Crippen LogP contribution in [-0.2, 0) is 0 Å². The van der Waals surface area contributed by atoms with E-state index in [9.17, 15) is 4.79 Å². The Morgan fingerprint density at radius 1 is 1.07 bits per heavy atom. The van der Waals surface area contributed by atoms with Gasteiger partial charge >= 0.3 is 0 Å². The molecule has 7 heteroatoms. The fourth-order valence-corrected chi connectivity index (χ4v) is 3.76. The second-order valence-electron chi connectivity index (χ2n) is 7.26. The molecule has 1 aliphatic rings. The Kier molecular flexibility index (Phi) is 5.65. The lowest BCUT2D eigenvalue weighted by Crippen LogP contribution is -2.47. The first-order valence-electron chi connectivity index (χ1n) is 9.70.